The fourth-order valence-corrected chi connectivity index (χ4v) is 3.88. The molecule has 4 atom stereocenters. The molecule has 0 saturated carbocycles. The summed E-state index contributed by atoms with van der Waals surface area (Å²) < 4.78 is 0. The van der Waals surface area contributed by atoms with E-state index in [1.54, 1.807) is 30.3 Å². The minimum absolute atomic E-state index is 0.0223. The van der Waals surface area contributed by atoms with Crippen molar-refractivity contribution in [3.05, 3.63) is 35.9 Å². The number of carbonyl (C=O) groups is 6. The van der Waals surface area contributed by atoms with E-state index in [0.29, 0.717) is 12.0 Å². The lowest BCUT2D eigenvalue weighted by Gasteiger charge is -2.29. The lowest BCUT2D eigenvalue weighted by Crippen LogP contribution is -2.57. The Morgan fingerprint density at radius 2 is 1.64 bits per heavy atom. The molecule has 1 aromatic carbocycles. The first-order chi connectivity index (χ1) is 17.0. The Morgan fingerprint density at radius 3 is 2.22 bits per heavy atom. The van der Waals surface area contributed by atoms with Crippen molar-refractivity contribution in [3.63, 3.8) is 0 Å². The predicted octanol–water partition coefficient (Wildman–Crippen LogP) is -1.06. The van der Waals surface area contributed by atoms with Crippen molar-refractivity contribution < 1.29 is 44.1 Å². The maximum atomic E-state index is 13.1. The molecule has 196 valence electrons. The first-order valence-electron chi connectivity index (χ1n) is 11.4. The number of nitrogens with one attached hydrogen (secondary N) is 2. The molecule has 0 radical (unpaired) electrons. The van der Waals surface area contributed by atoms with Gasteiger partial charge >= 0.3 is 17.9 Å². The first kappa shape index (κ1) is 28.2. The van der Waals surface area contributed by atoms with E-state index in [2.05, 4.69) is 10.6 Å². The average Bonchev–Trinajstić information content (AvgIpc) is 3.31. The second kappa shape index (κ2) is 13.2. The molecular weight excluding hydrogens is 476 g/mol. The van der Waals surface area contributed by atoms with E-state index in [1.165, 1.54) is 0 Å². The standard InChI is InChI=1S/C23H30N4O9/c24-14(8-9-18(28)29)20(32)25-15(12-19(30)31)22(34)27-10-4-7-17(27)21(33)26-16(23(35)36)11-13-5-2-1-3-6-13/h1-3,5-6,14-17H,4,7-12,24H2,(H,25,32)(H,26,33)(H,28,29)(H,30,31)(H,35,36). The van der Waals surface area contributed by atoms with E-state index in [1.807, 2.05) is 0 Å². The van der Waals surface area contributed by atoms with Crippen LogP contribution in [0.25, 0.3) is 0 Å². The van der Waals surface area contributed by atoms with Crippen LogP contribution >= 0.6 is 0 Å². The third kappa shape index (κ3) is 8.34. The van der Waals surface area contributed by atoms with Crippen LogP contribution < -0.4 is 16.4 Å². The second-order valence-electron chi connectivity index (χ2n) is 8.48. The van der Waals surface area contributed by atoms with Gasteiger partial charge in [0, 0.05) is 19.4 Å². The van der Waals surface area contributed by atoms with E-state index < -0.39 is 72.6 Å². The Hall–Kier alpha value is -4.00. The van der Waals surface area contributed by atoms with Crippen molar-refractivity contribution in [3.8, 4) is 0 Å². The highest BCUT2D eigenvalue weighted by atomic mass is 16.4. The van der Waals surface area contributed by atoms with Crippen molar-refractivity contribution in [1.29, 1.82) is 0 Å². The number of carbonyl (C=O) groups excluding carboxylic acids is 3. The highest BCUT2D eigenvalue weighted by molar-refractivity contribution is 5.96. The molecule has 1 heterocycles. The van der Waals surface area contributed by atoms with Gasteiger partial charge in [-0.05, 0) is 24.8 Å². The van der Waals surface area contributed by atoms with Crippen LogP contribution in [0.15, 0.2) is 30.3 Å². The van der Waals surface area contributed by atoms with E-state index in [4.69, 9.17) is 10.8 Å². The van der Waals surface area contributed by atoms with Gasteiger partial charge < -0.3 is 36.6 Å². The third-order valence-electron chi connectivity index (χ3n) is 5.74. The lowest BCUT2D eigenvalue weighted by molar-refractivity contribution is -0.147. The van der Waals surface area contributed by atoms with E-state index in [0.717, 1.165) is 4.90 Å². The number of rotatable bonds is 13. The van der Waals surface area contributed by atoms with Crippen LogP contribution in [0.3, 0.4) is 0 Å². The Morgan fingerprint density at radius 1 is 0.972 bits per heavy atom. The molecule has 1 saturated heterocycles. The number of hydrogen-bond acceptors (Lipinski definition) is 7. The molecule has 0 aromatic heterocycles. The highest BCUT2D eigenvalue weighted by Gasteiger charge is 2.39. The summed E-state index contributed by atoms with van der Waals surface area (Å²) in [6.07, 6.45) is -0.745. The number of aliphatic carboxylic acids is 3. The zero-order chi connectivity index (χ0) is 26.8. The Kier molecular flexibility index (Phi) is 10.3. The topological polar surface area (TPSA) is 216 Å². The van der Waals surface area contributed by atoms with Crippen LogP contribution in [-0.4, -0.2) is 86.6 Å². The van der Waals surface area contributed by atoms with Crippen LogP contribution in [0.1, 0.15) is 37.7 Å². The summed E-state index contributed by atoms with van der Waals surface area (Å²) in [6.45, 7) is 0.102. The lowest BCUT2D eigenvalue weighted by atomic mass is 10.0. The zero-order valence-electron chi connectivity index (χ0n) is 19.5. The summed E-state index contributed by atoms with van der Waals surface area (Å²) in [4.78, 5) is 73.3. The Labute approximate surface area is 206 Å². The number of hydrogen-bond donors (Lipinski definition) is 6. The molecule has 1 fully saturated rings. The number of amides is 3. The van der Waals surface area contributed by atoms with Crippen LogP contribution in [0, 0.1) is 0 Å². The van der Waals surface area contributed by atoms with Crippen molar-refractivity contribution in [1.82, 2.24) is 15.5 Å². The molecule has 3 amide bonds. The summed E-state index contributed by atoms with van der Waals surface area (Å²) in [5, 5.41) is 32.2. The van der Waals surface area contributed by atoms with Gasteiger partial charge in [-0.3, -0.25) is 24.0 Å². The van der Waals surface area contributed by atoms with Crippen molar-refractivity contribution in [2.75, 3.05) is 6.54 Å². The molecule has 0 bridgehead atoms. The molecule has 13 nitrogen and oxygen atoms in total. The summed E-state index contributed by atoms with van der Waals surface area (Å²) in [6, 6.07) is 3.54. The van der Waals surface area contributed by atoms with Gasteiger partial charge in [-0.1, -0.05) is 30.3 Å². The molecule has 1 aliphatic heterocycles. The van der Waals surface area contributed by atoms with Gasteiger partial charge in [0.2, 0.25) is 17.7 Å². The number of nitrogens with two attached hydrogens (primary N) is 1. The molecule has 2 rings (SSSR count). The monoisotopic (exact) mass is 506 g/mol. The van der Waals surface area contributed by atoms with Crippen molar-refractivity contribution >= 4 is 35.6 Å². The Balaban J connectivity index is 2.11. The largest absolute Gasteiger partial charge is 0.481 e. The minimum atomic E-state index is -1.54. The van der Waals surface area contributed by atoms with Crippen molar-refractivity contribution in [2.24, 2.45) is 5.73 Å². The number of benzene rings is 1. The SMILES string of the molecule is NC(CCC(=O)O)C(=O)NC(CC(=O)O)C(=O)N1CCCC1C(=O)NC(Cc1ccccc1)C(=O)O. The normalized spacial score (nSPS) is 17.5. The second-order valence-corrected chi connectivity index (χ2v) is 8.48. The van der Waals surface area contributed by atoms with Gasteiger partial charge in [0.25, 0.3) is 0 Å². The predicted molar refractivity (Wildman–Crippen MR) is 123 cm³/mol. The average molecular weight is 507 g/mol. The van der Waals surface area contributed by atoms with Crippen LogP contribution in [0.5, 0.6) is 0 Å². The summed E-state index contributed by atoms with van der Waals surface area (Å²) in [5.74, 6) is -6.25. The molecule has 7 N–H and O–H groups in total. The van der Waals surface area contributed by atoms with Gasteiger partial charge in [-0.2, -0.15) is 0 Å². The van der Waals surface area contributed by atoms with Gasteiger partial charge in [0.1, 0.15) is 18.1 Å². The molecule has 1 aliphatic rings. The third-order valence-corrected chi connectivity index (χ3v) is 5.74. The first-order valence-corrected chi connectivity index (χ1v) is 11.4. The van der Waals surface area contributed by atoms with Crippen LogP contribution in [-0.2, 0) is 35.2 Å². The molecule has 13 heteroatoms. The maximum absolute atomic E-state index is 13.1. The van der Waals surface area contributed by atoms with Gasteiger partial charge in [-0.25, -0.2) is 4.79 Å². The number of likely N-dealkylation sites (tertiary alicyclic amines) is 1. The smallest absolute Gasteiger partial charge is 0.326 e. The van der Waals surface area contributed by atoms with E-state index in [9.17, 15) is 39.0 Å². The molecule has 4 unspecified atom stereocenters. The molecule has 0 spiro atoms. The number of carboxylic acid groups (broad SMARTS) is 3. The fourth-order valence-electron chi connectivity index (χ4n) is 3.88. The summed E-state index contributed by atoms with van der Waals surface area (Å²) in [7, 11) is 0. The number of carboxylic acids is 3. The Bertz CT molecular complexity index is 985. The van der Waals surface area contributed by atoms with E-state index in [-0.39, 0.29) is 25.8 Å². The fraction of sp³-hybridized carbons (Fsp3) is 0.478. The molecule has 0 aliphatic carbocycles. The highest BCUT2D eigenvalue weighted by Crippen LogP contribution is 2.20. The molecular formula is C23H30N4O9. The van der Waals surface area contributed by atoms with Crippen LogP contribution in [0.2, 0.25) is 0 Å². The van der Waals surface area contributed by atoms with Gasteiger partial charge in [0.05, 0.1) is 12.5 Å². The molecule has 36 heavy (non-hydrogen) atoms. The maximum Gasteiger partial charge on any atom is 0.326 e. The minimum Gasteiger partial charge on any atom is -0.481 e. The van der Waals surface area contributed by atoms with Gasteiger partial charge in [-0.15, -0.1) is 0 Å². The molecule has 1 aromatic rings. The van der Waals surface area contributed by atoms with E-state index >= 15 is 0 Å². The zero-order valence-corrected chi connectivity index (χ0v) is 19.5. The van der Waals surface area contributed by atoms with Crippen molar-refractivity contribution in [2.45, 2.75) is 62.7 Å². The summed E-state index contributed by atoms with van der Waals surface area (Å²) in [5.41, 5.74) is 6.34. The summed E-state index contributed by atoms with van der Waals surface area (Å²) >= 11 is 0. The van der Waals surface area contributed by atoms with Crippen LogP contribution in [0.4, 0.5) is 0 Å². The number of nitrogens with zero attached hydrogens (tertiary/aromatic N) is 1. The van der Waals surface area contributed by atoms with Gasteiger partial charge in [0.15, 0.2) is 0 Å². The quantitative estimate of drug-likeness (QED) is 0.190.